The summed E-state index contributed by atoms with van der Waals surface area (Å²) in [5.74, 6) is 2.50. The summed E-state index contributed by atoms with van der Waals surface area (Å²) in [6.07, 6.45) is 4.94. The van der Waals surface area contributed by atoms with Gasteiger partial charge < -0.3 is 9.47 Å². The maximum Gasteiger partial charge on any atom is 0.231 e. The molecule has 6 heteroatoms. The van der Waals surface area contributed by atoms with Crippen LogP contribution in [0.5, 0.6) is 11.5 Å². The second-order valence-corrected chi connectivity index (χ2v) is 9.00. The third kappa shape index (κ3) is 3.75. The average Bonchev–Trinajstić information content (AvgIpc) is 3.21. The highest BCUT2D eigenvalue weighted by molar-refractivity contribution is 5.64. The van der Waals surface area contributed by atoms with Crippen molar-refractivity contribution in [2.24, 2.45) is 0 Å². The van der Waals surface area contributed by atoms with E-state index in [0.29, 0.717) is 0 Å². The fourth-order valence-corrected chi connectivity index (χ4v) is 3.87. The fraction of sp³-hybridized carbons (Fsp3) is 0.375. The molecule has 154 valence electrons. The minimum atomic E-state index is -0.0163. The van der Waals surface area contributed by atoms with E-state index in [0.717, 1.165) is 54.6 Å². The zero-order valence-electron chi connectivity index (χ0n) is 17.7. The molecule has 0 aliphatic carbocycles. The summed E-state index contributed by atoms with van der Waals surface area (Å²) < 4.78 is 10.9. The van der Waals surface area contributed by atoms with Gasteiger partial charge in [0.05, 0.1) is 5.69 Å². The number of pyridine rings is 1. The van der Waals surface area contributed by atoms with Crippen LogP contribution in [-0.4, -0.2) is 33.2 Å². The Bertz CT molecular complexity index is 1070. The molecule has 30 heavy (non-hydrogen) atoms. The summed E-state index contributed by atoms with van der Waals surface area (Å²) in [6, 6.07) is 10.2. The number of fused-ring (bicyclic) bond motifs is 2. The van der Waals surface area contributed by atoms with E-state index in [1.54, 1.807) is 0 Å². The van der Waals surface area contributed by atoms with Crippen molar-refractivity contribution in [3.63, 3.8) is 0 Å². The Hall–Kier alpha value is -2.99. The lowest BCUT2D eigenvalue weighted by molar-refractivity contribution is 0.174. The van der Waals surface area contributed by atoms with Crippen LogP contribution >= 0.6 is 0 Å². The molecule has 4 heterocycles. The molecule has 0 saturated heterocycles. The van der Waals surface area contributed by atoms with Gasteiger partial charge in [-0.05, 0) is 29.8 Å². The van der Waals surface area contributed by atoms with Gasteiger partial charge >= 0.3 is 0 Å². The Labute approximate surface area is 176 Å². The van der Waals surface area contributed by atoms with Crippen molar-refractivity contribution in [2.45, 2.75) is 45.7 Å². The van der Waals surface area contributed by atoms with Gasteiger partial charge in [-0.1, -0.05) is 26.8 Å². The number of rotatable bonds is 3. The summed E-state index contributed by atoms with van der Waals surface area (Å²) >= 11 is 0. The van der Waals surface area contributed by atoms with Crippen molar-refractivity contribution < 1.29 is 9.47 Å². The number of aromatic nitrogens is 3. The predicted octanol–water partition coefficient (Wildman–Crippen LogP) is 4.12. The molecule has 6 nitrogen and oxygen atoms in total. The highest BCUT2D eigenvalue weighted by Crippen LogP contribution is 2.35. The van der Waals surface area contributed by atoms with Gasteiger partial charge in [0, 0.05) is 60.7 Å². The molecule has 5 rings (SSSR count). The van der Waals surface area contributed by atoms with Crippen LogP contribution in [0.4, 0.5) is 0 Å². The lowest BCUT2D eigenvalue weighted by atomic mass is 9.95. The molecule has 0 N–H and O–H groups in total. The smallest absolute Gasteiger partial charge is 0.231 e. The van der Waals surface area contributed by atoms with Crippen LogP contribution in [0.1, 0.15) is 43.4 Å². The molecule has 2 aliphatic heterocycles. The van der Waals surface area contributed by atoms with E-state index in [2.05, 4.69) is 47.8 Å². The molecule has 3 aromatic rings. The van der Waals surface area contributed by atoms with Crippen molar-refractivity contribution in [2.75, 3.05) is 13.3 Å². The zero-order chi connectivity index (χ0) is 20.7. The van der Waals surface area contributed by atoms with Gasteiger partial charge in [0.1, 0.15) is 5.82 Å². The zero-order valence-corrected chi connectivity index (χ0v) is 17.7. The summed E-state index contributed by atoms with van der Waals surface area (Å²) in [5, 5.41) is 0. The first-order valence-electron chi connectivity index (χ1n) is 10.4. The van der Waals surface area contributed by atoms with E-state index >= 15 is 0 Å². The summed E-state index contributed by atoms with van der Waals surface area (Å²) in [7, 11) is 0. The lowest BCUT2D eigenvalue weighted by Crippen LogP contribution is -2.32. The minimum absolute atomic E-state index is 0.0163. The quantitative estimate of drug-likeness (QED) is 0.657. The first-order valence-corrected chi connectivity index (χ1v) is 10.4. The van der Waals surface area contributed by atoms with Crippen LogP contribution < -0.4 is 9.47 Å². The Balaban J connectivity index is 1.27. The van der Waals surface area contributed by atoms with Crippen molar-refractivity contribution in [1.29, 1.82) is 0 Å². The molecular weight excluding hydrogens is 376 g/mol. The van der Waals surface area contributed by atoms with Gasteiger partial charge in [0.15, 0.2) is 11.5 Å². The van der Waals surface area contributed by atoms with E-state index < -0.39 is 0 Å². The largest absolute Gasteiger partial charge is 0.454 e. The molecule has 0 radical (unpaired) electrons. The van der Waals surface area contributed by atoms with Gasteiger partial charge in [-0.2, -0.15) is 0 Å². The average molecular weight is 402 g/mol. The molecule has 0 fully saturated rings. The lowest BCUT2D eigenvalue weighted by Gasteiger charge is -2.29. The molecule has 0 atom stereocenters. The van der Waals surface area contributed by atoms with Gasteiger partial charge in [0.2, 0.25) is 6.79 Å². The molecule has 0 amide bonds. The van der Waals surface area contributed by atoms with Gasteiger partial charge in [0.25, 0.3) is 0 Å². The molecule has 1 aromatic carbocycles. The van der Waals surface area contributed by atoms with Crippen LogP contribution in [0.3, 0.4) is 0 Å². The Kier molecular flexibility index (Phi) is 4.66. The molecule has 0 spiro atoms. The molecule has 2 aromatic heterocycles. The van der Waals surface area contributed by atoms with Gasteiger partial charge in [-0.15, -0.1) is 0 Å². The number of hydrogen-bond acceptors (Lipinski definition) is 6. The second kappa shape index (κ2) is 7.36. The molecule has 0 unspecified atom stereocenters. The van der Waals surface area contributed by atoms with E-state index in [1.807, 2.05) is 30.6 Å². The number of hydrogen-bond donors (Lipinski definition) is 0. The van der Waals surface area contributed by atoms with Crippen molar-refractivity contribution in [3.05, 3.63) is 65.4 Å². The molecule has 0 saturated carbocycles. The van der Waals surface area contributed by atoms with Crippen molar-refractivity contribution in [3.8, 4) is 22.8 Å². The third-order valence-corrected chi connectivity index (χ3v) is 5.58. The SMILES string of the molecule is CC(C)(C)c1ncc2c(n1)CCN(Cc1ccc(-c3ccc4c(c3)OCO4)nc1)C2. The van der Waals surface area contributed by atoms with Crippen molar-refractivity contribution in [1.82, 2.24) is 19.9 Å². The second-order valence-electron chi connectivity index (χ2n) is 9.00. The highest BCUT2D eigenvalue weighted by Gasteiger charge is 2.23. The van der Waals surface area contributed by atoms with Crippen LogP contribution in [0.2, 0.25) is 0 Å². The van der Waals surface area contributed by atoms with Crippen LogP contribution in [0.25, 0.3) is 11.3 Å². The van der Waals surface area contributed by atoms with Crippen LogP contribution in [0, 0.1) is 0 Å². The van der Waals surface area contributed by atoms with E-state index in [-0.39, 0.29) is 12.2 Å². The number of ether oxygens (including phenoxy) is 2. The van der Waals surface area contributed by atoms with Crippen molar-refractivity contribution >= 4 is 0 Å². The Morgan fingerprint density at radius 1 is 1.00 bits per heavy atom. The first-order chi connectivity index (χ1) is 14.5. The Morgan fingerprint density at radius 2 is 1.87 bits per heavy atom. The summed E-state index contributed by atoms with van der Waals surface area (Å²) in [5.41, 5.74) is 5.59. The minimum Gasteiger partial charge on any atom is -0.454 e. The van der Waals surface area contributed by atoms with Gasteiger partial charge in [-0.25, -0.2) is 9.97 Å². The summed E-state index contributed by atoms with van der Waals surface area (Å²) in [6.45, 7) is 9.50. The maximum atomic E-state index is 5.47. The van der Waals surface area contributed by atoms with Crippen LogP contribution in [0.15, 0.2) is 42.7 Å². The van der Waals surface area contributed by atoms with E-state index in [9.17, 15) is 0 Å². The number of nitrogens with zero attached hydrogens (tertiary/aromatic N) is 4. The monoisotopic (exact) mass is 402 g/mol. The number of benzene rings is 1. The summed E-state index contributed by atoms with van der Waals surface area (Å²) in [4.78, 5) is 16.5. The highest BCUT2D eigenvalue weighted by atomic mass is 16.7. The van der Waals surface area contributed by atoms with E-state index in [1.165, 1.54) is 16.8 Å². The topological polar surface area (TPSA) is 60.4 Å². The molecule has 0 bridgehead atoms. The normalized spacial score (nSPS) is 15.8. The standard InChI is InChI=1S/C24H26N4O2/c1-24(2,3)23-26-12-18-14-28(9-8-20(18)27-23)13-16-4-6-19(25-11-16)17-5-7-21-22(10-17)30-15-29-21/h4-7,10-12H,8-9,13-15H2,1-3H3. The third-order valence-electron chi connectivity index (χ3n) is 5.58. The maximum absolute atomic E-state index is 5.47. The van der Waals surface area contributed by atoms with E-state index in [4.69, 9.17) is 14.5 Å². The first kappa shape index (κ1) is 19.0. The Morgan fingerprint density at radius 3 is 2.67 bits per heavy atom. The molecule has 2 aliphatic rings. The van der Waals surface area contributed by atoms with Gasteiger partial charge in [-0.3, -0.25) is 9.88 Å². The predicted molar refractivity (Wildman–Crippen MR) is 114 cm³/mol. The molecular formula is C24H26N4O2. The van der Waals surface area contributed by atoms with Crippen LogP contribution in [-0.2, 0) is 24.9 Å². The fourth-order valence-electron chi connectivity index (χ4n) is 3.87.